The molecule has 5 nitrogen and oxygen atoms in total. The molecule has 0 spiro atoms. The summed E-state index contributed by atoms with van der Waals surface area (Å²) in [6.45, 7) is -2.87. The molecule has 0 aliphatic rings. The number of amides is 1. The zero-order valence-electron chi connectivity index (χ0n) is 13.7. The monoisotopic (exact) mass is 346 g/mol. The summed E-state index contributed by atoms with van der Waals surface area (Å²) in [5, 5.41) is 8.93. The number of halogens is 2. The lowest BCUT2D eigenvalue weighted by atomic mass is 10.1. The van der Waals surface area contributed by atoms with Crippen LogP contribution in [0, 0.1) is 11.3 Å². The number of hydrogen-bond acceptors (Lipinski definition) is 4. The maximum atomic E-state index is 12.7. The van der Waals surface area contributed by atoms with Crippen molar-refractivity contribution in [3.05, 3.63) is 59.2 Å². The van der Waals surface area contributed by atoms with E-state index in [0.717, 1.165) is 5.56 Å². The molecule has 25 heavy (non-hydrogen) atoms. The molecule has 0 N–H and O–H groups in total. The minimum atomic E-state index is -3.08. The van der Waals surface area contributed by atoms with Crippen LogP contribution in [-0.2, 0) is 6.54 Å². The predicted molar refractivity (Wildman–Crippen MR) is 86.6 cm³/mol. The van der Waals surface area contributed by atoms with E-state index in [-0.39, 0.29) is 23.6 Å². The summed E-state index contributed by atoms with van der Waals surface area (Å²) >= 11 is 0. The van der Waals surface area contributed by atoms with E-state index in [9.17, 15) is 13.6 Å². The minimum absolute atomic E-state index is 0.0291. The van der Waals surface area contributed by atoms with E-state index in [2.05, 4.69) is 4.74 Å². The van der Waals surface area contributed by atoms with Gasteiger partial charge in [0.05, 0.1) is 24.3 Å². The molecular weight excluding hydrogens is 330 g/mol. The van der Waals surface area contributed by atoms with Crippen molar-refractivity contribution in [2.24, 2.45) is 0 Å². The smallest absolute Gasteiger partial charge is 0.387 e. The van der Waals surface area contributed by atoms with Gasteiger partial charge < -0.3 is 14.4 Å². The van der Waals surface area contributed by atoms with Crippen LogP contribution in [0.2, 0.25) is 0 Å². The van der Waals surface area contributed by atoms with Crippen molar-refractivity contribution in [3.8, 4) is 17.6 Å². The van der Waals surface area contributed by atoms with Crippen LogP contribution in [0.4, 0.5) is 8.78 Å². The lowest BCUT2D eigenvalue weighted by molar-refractivity contribution is -0.0516. The highest BCUT2D eigenvalue weighted by atomic mass is 19.3. The Balaban J connectivity index is 2.28. The van der Waals surface area contributed by atoms with Crippen LogP contribution in [0.3, 0.4) is 0 Å². The fourth-order valence-corrected chi connectivity index (χ4v) is 2.35. The first kappa shape index (κ1) is 18.2. The van der Waals surface area contributed by atoms with Crippen LogP contribution in [0.5, 0.6) is 11.5 Å². The van der Waals surface area contributed by atoms with Gasteiger partial charge in [-0.2, -0.15) is 14.0 Å². The second-order valence-electron chi connectivity index (χ2n) is 5.19. The Labute approximate surface area is 144 Å². The number of methoxy groups -OCH3 is 1. The molecule has 0 bridgehead atoms. The van der Waals surface area contributed by atoms with Gasteiger partial charge in [0.2, 0.25) is 0 Å². The van der Waals surface area contributed by atoms with Crippen molar-refractivity contribution >= 4 is 5.91 Å². The second kappa shape index (κ2) is 8.11. The largest absolute Gasteiger partial charge is 0.493 e. The molecule has 130 valence electrons. The van der Waals surface area contributed by atoms with E-state index in [4.69, 9.17) is 10.00 Å². The maximum Gasteiger partial charge on any atom is 0.387 e. The molecule has 7 heteroatoms. The lowest BCUT2D eigenvalue weighted by Gasteiger charge is -2.20. The van der Waals surface area contributed by atoms with E-state index in [1.165, 1.54) is 37.3 Å². The minimum Gasteiger partial charge on any atom is -0.493 e. The van der Waals surface area contributed by atoms with E-state index in [0.29, 0.717) is 5.56 Å². The standard InChI is InChI=1S/C18H16F2N2O3/c1-22(11-13-6-3-5-12(9-13)10-21)17(23)14-7-4-8-15(24-2)16(14)25-18(19)20/h3-9,18H,11H2,1-2H3. The number of para-hydroxylation sites is 1. The Kier molecular flexibility index (Phi) is 5.90. The van der Waals surface area contributed by atoms with E-state index in [1.807, 2.05) is 6.07 Å². The SMILES string of the molecule is COc1cccc(C(=O)N(C)Cc2cccc(C#N)c2)c1OC(F)F. The van der Waals surface area contributed by atoms with E-state index in [1.54, 1.807) is 24.3 Å². The molecule has 0 aliphatic carbocycles. The Morgan fingerprint density at radius 3 is 2.64 bits per heavy atom. The maximum absolute atomic E-state index is 12.7. The number of alkyl halides is 2. The molecule has 0 heterocycles. The van der Waals surface area contributed by atoms with Gasteiger partial charge in [0.15, 0.2) is 11.5 Å². The Bertz CT molecular complexity index is 803. The third kappa shape index (κ3) is 4.44. The van der Waals surface area contributed by atoms with Crippen molar-refractivity contribution in [1.29, 1.82) is 5.26 Å². The normalized spacial score (nSPS) is 10.2. The Morgan fingerprint density at radius 2 is 2.00 bits per heavy atom. The van der Waals surface area contributed by atoms with Gasteiger partial charge in [-0.1, -0.05) is 18.2 Å². The molecule has 0 saturated carbocycles. The van der Waals surface area contributed by atoms with Crippen LogP contribution in [0.1, 0.15) is 21.5 Å². The Morgan fingerprint density at radius 1 is 1.28 bits per heavy atom. The van der Waals surface area contributed by atoms with Crippen LogP contribution >= 0.6 is 0 Å². The number of carbonyl (C=O) groups excluding carboxylic acids is 1. The molecule has 0 fully saturated rings. The van der Waals surface area contributed by atoms with Gasteiger partial charge >= 0.3 is 6.61 Å². The molecule has 0 aromatic heterocycles. The summed E-state index contributed by atoms with van der Waals surface area (Å²) in [5.41, 5.74) is 1.19. The highest BCUT2D eigenvalue weighted by molar-refractivity contribution is 5.97. The van der Waals surface area contributed by atoms with Crippen molar-refractivity contribution in [3.63, 3.8) is 0 Å². The van der Waals surface area contributed by atoms with Crippen LogP contribution in [-0.4, -0.2) is 31.6 Å². The van der Waals surface area contributed by atoms with Crippen LogP contribution in [0.25, 0.3) is 0 Å². The quantitative estimate of drug-likeness (QED) is 0.804. The first-order valence-electron chi connectivity index (χ1n) is 7.32. The molecule has 0 radical (unpaired) electrons. The van der Waals surface area contributed by atoms with Gasteiger partial charge in [-0.25, -0.2) is 0 Å². The van der Waals surface area contributed by atoms with Gasteiger partial charge in [-0.05, 0) is 29.8 Å². The van der Waals surface area contributed by atoms with E-state index < -0.39 is 12.5 Å². The highest BCUT2D eigenvalue weighted by Crippen LogP contribution is 2.33. The van der Waals surface area contributed by atoms with Crippen molar-refractivity contribution in [2.45, 2.75) is 13.2 Å². The van der Waals surface area contributed by atoms with Gasteiger partial charge in [0, 0.05) is 13.6 Å². The summed E-state index contributed by atoms with van der Waals surface area (Å²) < 4.78 is 34.8. The molecule has 0 unspecified atom stereocenters. The molecule has 2 rings (SSSR count). The van der Waals surface area contributed by atoms with Crippen molar-refractivity contribution in [2.75, 3.05) is 14.2 Å². The summed E-state index contributed by atoms with van der Waals surface area (Å²) in [6.07, 6.45) is 0. The number of nitriles is 1. The predicted octanol–water partition coefficient (Wildman–Crippen LogP) is 3.44. The second-order valence-corrected chi connectivity index (χ2v) is 5.19. The van der Waals surface area contributed by atoms with Gasteiger partial charge in [0.1, 0.15) is 0 Å². The van der Waals surface area contributed by atoms with Gasteiger partial charge in [-0.15, -0.1) is 0 Å². The van der Waals surface area contributed by atoms with Crippen molar-refractivity contribution in [1.82, 2.24) is 4.90 Å². The lowest BCUT2D eigenvalue weighted by Crippen LogP contribution is -2.27. The molecule has 2 aromatic carbocycles. The zero-order valence-corrected chi connectivity index (χ0v) is 13.7. The molecule has 0 saturated heterocycles. The highest BCUT2D eigenvalue weighted by Gasteiger charge is 2.22. The topological polar surface area (TPSA) is 62.6 Å². The molecule has 1 amide bonds. The first-order valence-corrected chi connectivity index (χ1v) is 7.32. The number of rotatable bonds is 6. The fraction of sp³-hybridized carbons (Fsp3) is 0.222. The zero-order chi connectivity index (χ0) is 18.4. The number of ether oxygens (including phenoxy) is 2. The van der Waals surface area contributed by atoms with Crippen LogP contribution < -0.4 is 9.47 Å². The molecule has 0 atom stereocenters. The summed E-state index contributed by atoms with van der Waals surface area (Å²) in [4.78, 5) is 14.0. The van der Waals surface area contributed by atoms with Gasteiger partial charge in [0.25, 0.3) is 5.91 Å². The summed E-state index contributed by atoms with van der Waals surface area (Å²) in [6, 6.07) is 13.2. The Hall–Kier alpha value is -3.14. The average Bonchev–Trinajstić information content (AvgIpc) is 2.61. The molecule has 0 aliphatic heterocycles. The molecule has 2 aromatic rings. The summed E-state index contributed by atoms with van der Waals surface area (Å²) in [5.74, 6) is -0.759. The van der Waals surface area contributed by atoms with Crippen molar-refractivity contribution < 1.29 is 23.0 Å². The van der Waals surface area contributed by atoms with E-state index >= 15 is 0 Å². The third-order valence-corrected chi connectivity index (χ3v) is 3.46. The third-order valence-electron chi connectivity index (χ3n) is 3.46. The number of nitrogens with zero attached hydrogens (tertiary/aromatic N) is 2. The van der Waals surface area contributed by atoms with Gasteiger partial charge in [-0.3, -0.25) is 4.79 Å². The fourth-order valence-electron chi connectivity index (χ4n) is 2.35. The number of hydrogen-bond donors (Lipinski definition) is 0. The summed E-state index contributed by atoms with van der Waals surface area (Å²) in [7, 11) is 2.84. The average molecular weight is 346 g/mol. The number of carbonyl (C=O) groups is 1. The first-order chi connectivity index (χ1) is 12.0. The number of benzene rings is 2. The van der Waals surface area contributed by atoms with Crippen LogP contribution in [0.15, 0.2) is 42.5 Å². The molecular formula is C18H16F2N2O3.